The smallest absolute Gasteiger partial charge is 0.350 e. The van der Waals surface area contributed by atoms with Crippen LogP contribution in [0.5, 0.6) is 0 Å². The van der Waals surface area contributed by atoms with Crippen molar-refractivity contribution in [2.75, 3.05) is 30.8 Å². The fourth-order valence-corrected chi connectivity index (χ4v) is 2.94. The van der Waals surface area contributed by atoms with Gasteiger partial charge in [0.2, 0.25) is 0 Å². The molecular formula is C11H16N2O3S. The average Bonchev–Trinajstić information content (AvgIpc) is 2.71. The van der Waals surface area contributed by atoms with Crippen molar-refractivity contribution in [2.24, 2.45) is 0 Å². The van der Waals surface area contributed by atoms with Crippen molar-refractivity contribution in [3.63, 3.8) is 0 Å². The van der Waals surface area contributed by atoms with Gasteiger partial charge in [-0.2, -0.15) is 0 Å². The monoisotopic (exact) mass is 256 g/mol. The molecule has 0 saturated carbocycles. The molecule has 1 aliphatic rings. The summed E-state index contributed by atoms with van der Waals surface area (Å²) in [7, 11) is 1.35. The van der Waals surface area contributed by atoms with Crippen molar-refractivity contribution < 1.29 is 14.6 Å². The number of anilines is 2. The highest BCUT2D eigenvalue weighted by Crippen LogP contribution is 2.34. The molecule has 1 aromatic heterocycles. The number of thiophene rings is 1. The number of hydrogen-bond acceptors (Lipinski definition) is 6. The molecule has 0 bridgehead atoms. The number of piperidine rings is 1. The summed E-state index contributed by atoms with van der Waals surface area (Å²) in [5.41, 5.74) is 6.25. The normalized spacial score (nSPS) is 17.2. The van der Waals surface area contributed by atoms with Crippen molar-refractivity contribution in [3.8, 4) is 0 Å². The van der Waals surface area contributed by atoms with Crippen LogP contribution in [0, 0.1) is 0 Å². The number of esters is 1. The Balaban J connectivity index is 2.14. The maximum atomic E-state index is 11.4. The van der Waals surface area contributed by atoms with Crippen LogP contribution in [0.1, 0.15) is 22.5 Å². The zero-order valence-electron chi connectivity index (χ0n) is 9.68. The summed E-state index contributed by atoms with van der Waals surface area (Å²) in [5.74, 6) is -0.393. The maximum absolute atomic E-state index is 11.4. The van der Waals surface area contributed by atoms with E-state index in [2.05, 4.69) is 9.64 Å². The molecular weight excluding hydrogens is 240 g/mol. The number of nitrogens with two attached hydrogens (primary N) is 1. The molecule has 0 atom stereocenters. The van der Waals surface area contributed by atoms with Gasteiger partial charge in [-0.15, -0.1) is 11.3 Å². The standard InChI is InChI=1S/C11H16N2O3S/c1-16-11(15)10-8(12)6-9(17-10)13-4-2-7(14)3-5-13/h6-7,14H,2-5,12H2,1H3. The topological polar surface area (TPSA) is 75.8 Å². The summed E-state index contributed by atoms with van der Waals surface area (Å²) in [6, 6.07) is 1.80. The molecule has 0 unspecified atom stereocenters. The summed E-state index contributed by atoms with van der Waals surface area (Å²) < 4.78 is 4.67. The molecule has 1 aliphatic heterocycles. The Hall–Kier alpha value is -1.27. The second kappa shape index (κ2) is 4.93. The van der Waals surface area contributed by atoms with Crippen LogP contribution >= 0.6 is 11.3 Å². The molecule has 0 aromatic carbocycles. The number of nitrogen functional groups attached to an aromatic ring is 1. The van der Waals surface area contributed by atoms with Crippen molar-refractivity contribution in [3.05, 3.63) is 10.9 Å². The third kappa shape index (κ3) is 2.53. The lowest BCUT2D eigenvalue weighted by Gasteiger charge is -2.30. The minimum absolute atomic E-state index is 0.205. The van der Waals surface area contributed by atoms with Crippen molar-refractivity contribution >= 4 is 28.0 Å². The maximum Gasteiger partial charge on any atom is 0.350 e. The van der Waals surface area contributed by atoms with Gasteiger partial charge in [-0.25, -0.2) is 4.79 Å². The van der Waals surface area contributed by atoms with Crippen LogP contribution in [0.2, 0.25) is 0 Å². The van der Waals surface area contributed by atoms with Gasteiger partial charge in [-0.05, 0) is 18.9 Å². The fourth-order valence-electron chi connectivity index (χ4n) is 1.89. The summed E-state index contributed by atoms with van der Waals surface area (Å²) in [6.07, 6.45) is 1.31. The highest BCUT2D eigenvalue weighted by molar-refractivity contribution is 7.18. The fraction of sp³-hybridized carbons (Fsp3) is 0.545. The van der Waals surface area contributed by atoms with Crippen LogP contribution in [0.15, 0.2) is 6.07 Å². The number of carbonyl (C=O) groups is 1. The lowest BCUT2D eigenvalue weighted by Crippen LogP contribution is -2.35. The van der Waals surface area contributed by atoms with Gasteiger partial charge in [-0.3, -0.25) is 0 Å². The third-order valence-corrected chi connectivity index (χ3v) is 4.09. The lowest BCUT2D eigenvalue weighted by atomic mass is 10.1. The van der Waals surface area contributed by atoms with E-state index >= 15 is 0 Å². The van der Waals surface area contributed by atoms with Crippen LogP contribution in [0.3, 0.4) is 0 Å². The highest BCUT2D eigenvalue weighted by atomic mass is 32.1. The van der Waals surface area contributed by atoms with Gasteiger partial charge < -0.3 is 20.5 Å². The number of ether oxygens (including phenoxy) is 1. The van der Waals surface area contributed by atoms with E-state index < -0.39 is 5.97 Å². The van der Waals surface area contributed by atoms with E-state index in [1.165, 1.54) is 18.4 Å². The Morgan fingerprint density at radius 3 is 2.82 bits per heavy atom. The molecule has 6 heteroatoms. The van der Waals surface area contributed by atoms with Crippen LogP contribution in [-0.2, 0) is 4.74 Å². The number of nitrogens with zero attached hydrogens (tertiary/aromatic N) is 1. The molecule has 0 aliphatic carbocycles. The number of hydrogen-bond donors (Lipinski definition) is 2. The van der Waals surface area contributed by atoms with Crippen molar-refractivity contribution in [1.29, 1.82) is 0 Å². The number of aliphatic hydroxyl groups is 1. The molecule has 17 heavy (non-hydrogen) atoms. The second-order valence-electron chi connectivity index (χ2n) is 4.08. The number of methoxy groups -OCH3 is 1. The van der Waals surface area contributed by atoms with Crippen molar-refractivity contribution in [1.82, 2.24) is 0 Å². The minimum Gasteiger partial charge on any atom is -0.465 e. The van der Waals surface area contributed by atoms with E-state index in [0.29, 0.717) is 10.6 Å². The number of rotatable bonds is 2. The Bertz CT molecular complexity index is 411. The van der Waals surface area contributed by atoms with Gasteiger partial charge >= 0.3 is 5.97 Å². The summed E-state index contributed by atoms with van der Waals surface area (Å²) >= 11 is 1.34. The zero-order valence-corrected chi connectivity index (χ0v) is 10.5. The summed E-state index contributed by atoms with van der Waals surface area (Å²) in [6.45, 7) is 1.59. The molecule has 0 radical (unpaired) electrons. The molecule has 3 N–H and O–H groups in total. The van der Waals surface area contributed by atoms with E-state index in [9.17, 15) is 9.90 Å². The summed E-state index contributed by atoms with van der Waals surface area (Å²) in [5, 5.41) is 10.4. The molecule has 1 fully saturated rings. The highest BCUT2D eigenvalue weighted by Gasteiger charge is 2.22. The van der Waals surface area contributed by atoms with Gasteiger partial charge in [0, 0.05) is 13.1 Å². The second-order valence-corrected chi connectivity index (χ2v) is 5.11. The van der Waals surface area contributed by atoms with E-state index in [1.54, 1.807) is 6.07 Å². The average molecular weight is 256 g/mol. The van der Waals surface area contributed by atoms with E-state index in [4.69, 9.17) is 5.73 Å². The van der Waals surface area contributed by atoms with Gasteiger partial charge in [-0.1, -0.05) is 0 Å². The summed E-state index contributed by atoms with van der Waals surface area (Å²) in [4.78, 5) is 14.0. The van der Waals surface area contributed by atoms with E-state index in [0.717, 1.165) is 30.9 Å². The Labute approximate surface area is 104 Å². The predicted octanol–water partition coefficient (Wildman–Crippen LogP) is 1.08. The number of aliphatic hydroxyl groups excluding tert-OH is 1. The Morgan fingerprint density at radius 1 is 1.59 bits per heavy atom. The van der Waals surface area contributed by atoms with E-state index in [1.807, 2.05) is 0 Å². The van der Waals surface area contributed by atoms with Gasteiger partial charge in [0.15, 0.2) is 0 Å². The van der Waals surface area contributed by atoms with Gasteiger partial charge in [0.05, 0.1) is 23.9 Å². The SMILES string of the molecule is COC(=O)c1sc(N2CCC(O)CC2)cc1N. The molecule has 0 spiro atoms. The molecule has 2 heterocycles. The molecule has 0 amide bonds. The zero-order chi connectivity index (χ0) is 12.4. The predicted molar refractivity (Wildman–Crippen MR) is 67.5 cm³/mol. The first-order chi connectivity index (χ1) is 8.11. The third-order valence-electron chi connectivity index (χ3n) is 2.89. The molecule has 94 valence electrons. The Morgan fingerprint density at radius 2 is 2.24 bits per heavy atom. The lowest BCUT2D eigenvalue weighted by molar-refractivity contribution is 0.0607. The molecule has 2 rings (SSSR count). The number of carbonyl (C=O) groups excluding carboxylic acids is 1. The first-order valence-corrected chi connectivity index (χ1v) is 6.34. The molecule has 5 nitrogen and oxygen atoms in total. The molecule has 1 saturated heterocycles. The first kappa shape index (κ1) is 12.2. The largest absolute Gasteiger partial charge is 0.465 e. The molecule has 1 aromatic rings. The van der Waals surface area contributed by atoms with Crippen LogP contribution in [0.25, 0.3) is 0 Å². The van der Waals surface area contributed by atoms with Crippen LogP contribution in [0.4, 0.5) is 10.7 Å². The van der Waals surface area contributed by atoms with Crippen molar-refractivity contribution in [2.45, 2.75) is 18.9 Å². The van der Waals surface area contributed by atoms with E-state index in [-0.39, 0.29) is 6.10 Å². The van der Waals surface area contributed by atoms with Crippen LogP contribution < -0.4 is 10.6 Å². The minimum atomic E-state index is -0.393. The Kier molecular flexibility index (Phi) is 3.54. The van der Waals surface area contributed by atoms with Crippen LogP contribution in [-0.4, -0.2) is 37.4 Å². The quantitative estimate of drug-likeness (QED) is 0.774. The van der Waals surface area contributed by atoms with Gasteiger partial charge in [0.25, 0.3) is 0 Å². The van der Waals surface area contributed by atoms with Gasteiger partial charge in [0.1, 0.15) is 4.88 Å². The first-order valence-electron chi connectivity index (χ1n) is 5.52.